The molecule has 2 amide bonds. The van der Waals surface area contributed by atoms with Crippen LogP contribution in [0.25, 0.3) is 0 Å². The molecule has 30 heavy (non-hydrogen) atoms. The molecule has 1 aliphatic heterocycles. The third-order valence-electron chi connectivity index (χ3n) is 5.13. The molecule has 4 rings (SSSR count). The molecule has 1 unspecified atom stereocenters. The lowest BCUT2D eigenvalue weighted by molar-refractivity contribution is 0.190. The van der Waals surface area contributed by atoms with Gasteiger partial charge in [0.25, 0.3) is 5.89 Å². The van der Waals surface area contributed by atoms with Crippen molar-refractivity contribution in [2.45, 2.75) is 32.3 Å². The number of ether oxygens (including phenoxy) is 1. The number of aromatic nitrogens is 2. The lowest BCUT2D eigenvalue weighted by Crippen LogP contribution is -2.42. The Balaban J connectivity index is 1.36. The van der Waals surface area contributed by atoms with Crippen LogP contribution in [-0.4, -0.2) is 34.2 Å². The van der Waals surface area contributed by atoms with E-state index in [1.54, 1.807) is 23.1 Å². The van der Waals surface area contributed by atoms with Crippen LogP contribution in [0.3, 0.4) is 0 Å². The second kappa shape index (κ2) is 8.94. The summed E-state index contributed by atoms with van der Waals surface area (Å²) in [5.41, 5.74) is 1.81. The number of urea groups is 1. The van der Waals surface area contributed by atoms with Gasteiger partial charge < -0.3 is 19.5 Å². The minimum atomic E-state index is -0.445. The molecule has 0 radical (unpaired) electrons. The number of piperidine rings is 1. The molecule has 0 spiro atoms. The monoisotopic (exact) mass is 410 g/mol. The van der Waals surface area contributed by atoms with Crippen molar-refractivity contribution in [3.05, 3.63) is 71.6 Å². The zero-order valence-electron chi connectivity index (χ0n) is 16.7. The van der Waals surface area contributed by atoms with Gasteiger partial charge in [-0.2, -0.15) is 4.98 Å². The van der Waals surface area contributed by atoms with E-state index in [9.17, 15) is 9.18 Å². The molecule has 1 aliphatic rings. The fourth-order valence-corrected chi connectivity index (χ4v) is 3.47. The number of nitrogens with zero attached hydrogens (tertiary/aromatic N) is 3. The summed E-state index contributed by atoms with van der Waals surface area (Å²) in [6.07, 6.45) is 1.71. The largest absolute Gasteiger partial charge is 0.481 e. The molecule has 1 saturated heterocycles. The van der Waals surface area contributed by atoms with Gasteiger partial charge in [-0.15, -0.1) is 0 Å². The summed E-state index contributed by atoms with van der Waals surface area (Å²) in [5.74, 6) is 0.478. The first-order valence-electron chi connectivity index (χ1n) is 9.91. The average molecular weight is 410 g/mol. The van der Waals surface area contributed by atoms with Crippen molar-refractivity contribution >= 4 is 11.7 Å². The SMILES string of the molecule is Cc1ccccc1NC(=O)N1CCCC(c2noc(COc3ccccc3F)n2)C1. The van der Waals surface area contributed by atoms with Gasteiger partial charge in [0.1, 0.15) is 0 Å². The standard InChI is InChI=1S/C22H23FN4O3/c1-15-7-2-4-10-18(15)24-22(28)27-12-6-8-16(13-27)21-25-20(30-26-21)14-29-19-11-5-3-9-17(19)23/h2-5,7,9-11,16H,6,8,12-14H2,1H3,(H,24,28). The van der Waals surface area contributed by atoms with Crippen LogP contribution in [0.15, 0.2) is 53.1 Å². The van der Waals surface area contributed by atoms with Gasteiger partial charge in [0.05, 0.1) is 0 Å². The maximum absolute atomic E-state index is 13.7. The van der Waals surface area contributed by atoms with Crippen LogP contribution in [0.2, 0.25) is 0 Å². The topological polar surface area (TPSA) is 80.5 Å². The van der Waals surface area contributed by atoms with Crippen LogP contribution in [-0.2, 0) is 6.61 Å². The van der Waals surface area contributed by atoms with Gasteiger partial charge in [-0.3, -0.25) is 0 Å². The maximum Gasteiger partial charge on any atom is 0.321 e. The van der Waals surface area contributed by atoms with Crippen LogP contribution < -0.4 is 10.1 Å². The number of hydrogen-bond donors (Lipinski definition) is 1. The molecule has 156 valence electrons. The van der Waals surface area contributed by atoms with E-state index >= 15 is 0 Å². The minimum Gasteiger partial charge on any atom is -0.481 e. The Hall–Kier alpha value is -3.42. The highest BCUT2D eigenvalue weighted by molar-refractivity contribution is 5.90. The summed E-state index contributed by atoms with van der Waals surface area (Å²) in [5, 5.41) is 7.02. The number of likely N-dealkylation sites (tertiary alicyclic amines) is 1. The van der Waals surface area contributed by atoms with Crippen LogP contribution in [0.4, 0.5) is 14.9 Å². The first-order valence-corrected chi connectivity index (χ1v) is 9.91. The number of carbonyl (C=O) groups is 1. The lowest BCUT2D eigenvalue weighted by Gasteiger charge is -2.31. The number of anilines is 1. The van der Waals surface area contributed by atoms with Gasteiger partial charge in [-0.1, -0.05) is 35.5 Å². The zero-order chi connectivity index (χ0) is 20.9. The predicted molar refractivity (Wildman–Crippen MR) is 109 cm³/mol. The molecule has 0 aliphatic carbocycles. The zero-order valence-corrected chi connectivity index (χ0v) is 16.7. The molecule has 8 heteroatoms. The first kappa shape index (κ1) is 19.9. The van der Waals surface area contributed by atoms with Crippen LogP contribution in [0, 0.1) is 12.7 Å². The molecule has 0 bridgehead atoms. The van der Waals surface area contributed by atoms with E-state index in [0.717, 1.165) is 24.1 Å². The molecule has 2 aromatic carbocycles. The fourth-order valence-electron chi connectivity index (χ4n) is 3.47. The third kappa shape index (κ3) is 4.59. The number of aryl methyl sites for hydroxylation is 1. The summed E-state index contributed by atoms with van der Waals surface area (Å²) in [7, 11) is 0. The van der Waals surface area contributed by atoms with E-state index in [4.69, 9.17) is 9.26 Å². The number of carbonyl (C=O) groups excluding carboxylic acids is 1. The highest BCUT2D eigenvalue weighted by atomic mass is 19.1. The second-order valence-corrected chi connectivity index (χ2v) is 7.30. The fraction of sp³-hybridized carbons (Fsp3) is 0.318. The highest BCUT2D eigenvalue weighted by Gasteiger charge is 2.28. The van der Waals surface area contributed by atoms with Gasteiger partial charge in [-0.25, -0.2) is 9.18 Å². The smallest absolute Gasteiger partial charge is 0.321 e. The Morgan fingerprint density at radius 1 is 1.27 bits per heavy atom. The Morgan fingerprint density at radius 3 is 2.90 bits per heavy atom. The summed E-state index contributed by atoms with van der Waals surface area (Å²) >= 11 is 0. The molecule has 0 saturated carbocycles. The number of rotatable bonds is 5. The van der Waals surface area contributed by atoms with E-state index in [0.29, 0.717) is 18.9 Å². The molecule has 3 aromatic rings. The quantitative estimate of drug-likeness (QED) is 0.670. The van der Waals surface area contributed by atoms with Crippen molar-refractivity contribution in [1.82, 2.24) is 15.0 Å². The normalized spacial score (nSPS) is 16.3. The lowest BCUT2D eigenvalue weighted by atomic mass is 9.97. The van der Waals surface area contributed by atoms with Crippen molar-refractivity contribution in [3.63, 3.8) is 0 Å². The maximum atomic E-state index is 13.7. The molecule has 2 heterocycles. The van der Waals surface area contributed by atoms with Crippen LogP contribution in [0.1, 0.15) is 36.0 Å². The van der Waals surface area contributed by atoms with Crippen molar-refractivity contribution < 1.29 is 18.4 Å². The van der Waals surface area contributed by atoms with E-state index in [-0.39, 0.29) is 30.2 Å². The number of nitrogens with one attached hydrogen (secondary N) is 1. The summed E-state index contributed by atoms with van der Waals surface area (Å²) < 4.78 is 24.3. The molecule has 1 atom stereocenters. The van der Waals surface area contributed by atoms with E-state index < -0.39 is 5.82 Å². The highest BCUT2D eigenvalue weighted by Crippen LogP contribution is 2.26. The Kier molecular flexibility index (Phi) is 5.92. The number of para-hydroxylation sites is 2. The van der Waals surface area contributed by atoms with Crippen LogP contribution in [0.5, 0.6) is 5.75 Å². The number of halogens is 1. The summed E-state index contributed by atoms with van der Waals surface area (Å²) in [4.78, 5) is 18.8. The number of benzene rings is 2. The molecule has 7 nitrogen and oxygen atoms in total. The van der Waals surface area contributed by atoms with Crippen molar-refractivity contribution in [2.75, 3.05) is 18.4 Å². The molecule has 1 fully saturated rings. The second-order valence-electron chi connectivity index (χ2n) is 7.30. The predicted octanol–water partition coefficient (Wildman–Crippen LogP) is 4.51. The molecular formula is C22H23FN4O3. The summed E-state index contributed by atoms with van der Waals surface area (Å²) in [6, 6.07) is 13.7. The number of amides is 2. The molecule has 1 aromatic heterocycles. The number of hydrogen-bond acceptors (Lipinski definition) is 5. The van der Waals surface area contributed by atoms with Crippen LogP contribution >= 0.6 is 0 Å². The van der Waals surface area contributed by atoms with Crippen molar-refractivity contribution in [3.8, 4) is 5.75 Å². The Labute approximate surface area is 173 Å². The minimum absolute atomic E-state index is 0.0157. The van der Waals surface area contributed by atoms with Gasteiger partial charge in [0.15, 0.2) is 24.0 Å². The molecule has 1 N–H and O–H groups in total. The Bertz CT molecular complexity index is 1020. The van der Waals surface area contributed by atoms with Crippen molar-refractivity contribution in [2.24, 2.45) is 0 Å². The molecular weight excluding hydrogens is 387 g/mol. The Morgan fingerprint density at radius 2 is 2.07 bits per heavy atom. The third-order valence-corrected chi connectivity index (χ3v) is 5.13. The van der Waals surface area contributed by atoms with Gasteiger partial charge in [0.2, 0.25) is 0 Å². The first-order chi connectivity index (χ1) is 14.6. The average Bonchev–Trinajstić information content (AvgIpc) is 3.24. The van der Waals surface area contributed by atoms with E-state index in [2.05, 4.69) is 15.5 Å². The van der Waals surface area contributed by atoms with E-state index in [1.165, 1.54) is 6.07 Å². The van der Waals surface area contributed by atoms with Crippen molar-refractivity contribution in [1.29, 1.82) is 0 Å². The van der Waals surface area contributed by atoms with Gasteiger partial charge in [0, 0.05) is 24.7 Å². The summed E-state index contributed by atoms with van der Waals surface area (Å²) in [6.45, 7) is 3.12. The van der Waals surface area contributed by atoms with E-state index in [1.807, 2.05) is 31.2 Å². The van der Waals surface area contributed by atoms with Gasteiger partial charge in [-0.05, 0) is 43.5 Å². The van der Waals surface area contributed by atoms with Gasteiger partial charge >= 0.3 is 6.03 Å².